The predicted molar refractivity (Wildman–Crippen MR) is 185 cm³/mol. The minimum Gasteiger partial charge on any atom is -0.287 e. The van der Waals surface area contributed by atoms with Gasteiger partial charge in [0.15, 0.2) is 81.7 Å². The first-order chi connectivity index (χ1) is 29.7. The van der Waals surface area contributed by atoms with E-state index in [0.29, 0.717) is 6.54 Å². The molecular formula is C41H20BF20NO. The molecule has 0 aliphatic heterocycles. The fourth-order valence-corrected chi connectivity index (χ4v) is 7.04. The Morgan fingerprint density at radius 2 is 0.641 bits per heavy atom. The molecule has 0 unspecified atom stereocenters. The van der Waals surface area contributed by atoms with Gasteiger partial charge >= 0.3 is 0 Å². The van der Waals surface area contributed by atoms with E-state index in [1.807, 2.05) is 53.2 Å². The van der Waals surface area contributed by atoms with Crippen molar-refractivity contribution in [3.8, 4) is 0 Å². The lowest BCUT2D eigenvalue weighted by molar-refractivity contribution is -0.693. The minimum absolute atomic E-state index is 0.0260. The third-order valence-corrected chi connectivity index (χ3v) is 9.83. The number of carbonyl (C=O) groups is 1. The zero-order valence-electron chi connectivity index (χ0n) is 31.9. The molecular weight excluding hydrogens is 913 g/mol. The molecule has 2 nitrogen and oxygen atoms in total. The van der Waals surface area contributed by atoms with E-state index in [1.165, 1.54) is 5.69 Å². The standard InChI is InChI=1S/C24BF20.C17H20NO/c26-5-1(6(27)14(35)21(42)13(5)34)25(2-7(28)15(36)22(43)16(37)8(2)29,3-9(30)17(38)23(44)18(39)10(3)31)4-11(32)19(40)24(45)20(41)12(4)33;1-17(2,3)16-11-7-8-12-18(16)13-15(19)14-9-5-4-6-10-14/h;4-12H,13H2,1-3H3/q-1;+1. The number of Topliss-reactive ketones (excluding diaryl/α,β-unsaturated/α-hetero) is 1. The molecule has 0 bridgehead atoms. The van der Waals surface area contributed by atoms with Gasteiger partial charge in [-0.2, -0.15) is 4.57 Å². The minimum atomic E-state index is -7.22. The smallest absolute Gasteiger partial charge is 0.227 e. The Labute approximate surface area is 345 Å². The molecule has 0 spiro atoms. The molecule has 0 fully saturated rings. The molecule has 0 N–H and O–H groups in total. The maximum Gasteiger partial charge on any atom is 0.227 e. The molecule has 0 amide bonds. The molecule has 6 rings (SSSR count). The number of ketones is 1. The number of hydrogen-bond acceptors (Lipinski definition) is 1. The van der Waals surface area contributed by atoms with Gasteiger partial charge in [-0.25, -0.2) is 87.8 Å². The summed E-state index contributed by atoms with van der Waals surface area (Å²) >= 11 is 0. The van der Waals surface area contributed by atoms with Crippen LogP contribution in [-0.2, 0) is 12.0 Å². The van der Waals surface area contributed by atoms with Crippen molar-refractivity contribution in [2.75, 3.05) is 0 Å². The summed E-state index contributed by atoms with van der Waals surface area (Å²) in [5.74, 6) is -71.3. The van der Waals surface area contributed by atoms with Crippen LogP contribution in [0.5, 0.6) is 0 Å². The zero-order chi connectivity index (χ0) is 48.2. The molecule has 338 valence electrons. The average Bonchev–Trinajstić information content (AvgIpc) is 3.26. The SMILES string of the molecule is CC(C)(C)c1cccc[n+]1CC(=O)c1ccccc1.Fc1c(F)c(F)c([B-](c2c(F)c(F)c(F)c(F)c2F)(c2c(F)c(F)c(F)c(F)c2F)c2c(F)c(F)c(F)c(F)c2F)c(F)c1F. The Hall–Kier alpha value is -6.42. The summed E-state index contributed by atoms with van der Waals surface area (Å²) in [6, 6.07) is 15.5. The quantitative estimate of drug-likeness (QED) is 0.0392. The van der Waals surface area contributed by atoms with Gasteiger partial charge in [-0.15, -0.1) is 21.9 Å². The van der Waals surface area contributed by atoms with Gasteiger partial charge in [-0.3, -0.25) is 4.79 Å². The molecule has 1 heterocycles. The van der Waals surface area contributed by atoms with Crippen molar-refractivity contribution < 1.29 is 97.2 Å². The van der Waals surface area contributed by atoms with Crippen LogP contribution in [-0.4, -0.2) is 11.9 Å². The van der Waals surface area contributed by atoms with Crippen molar-refractivity contribution in [1.29, 1.82) is 0 Å². The highest BCUT2D eigenvalue weighted by Crippen LogP contribution is 2.31. The Morgan fingerprint density at radius 1 is 0.391 bits per heavy atom. The summed E-state index contributed by atoms with van der Waals surface area (Å²) in [6.07, 6.45) is -5.24. The van der Waals surface area contributed by atoms with E-state index >= 15 is 35.1 Å². The summed E-state index contributed by atoms with van der Waals surface area (Å²) in [7, 11) is 0. The molecule has 64 heavy (non-hydrogen) atoms. The third kappa shape index (κ3) is 7.71. The first-order valence-corrected chi connectivity index (χ1v) is 17.5. The maximum atomic E-state index is 15.4. The van der Waals surface area contributed by atoms with E-state index in [0.717, 1.165) is 5.56 Å². The summed E-state index contributed by atoms with van der Waals surface area (Å²) in [5.41, 5.74) is -12.4. The second kappa shape index (κ2) is 17.6. The van der Waals surface area contributed by atoms with Gasteiger partial charge in [0.25, 0.3) is 0 Å². The number of benzene rings is 5. The second-order valence-electron chi connectivity index (χ2n) is 14.6. The van der Waals surface area contributed by atoms with Crippen molar-refractivity contribution in [2.45, 2.75) is 32.7 Å². The molecule has 0 aliphatic carbocycles. The van der Waals surface area contributed by atoms with E-state index in [-0.39, 0.29) is 11.2 Å². The lowest BCUT2D eigenvalue weighted by Crippen LogP contribution is -2.81. The Bertz CT molecular complexity index is 2480. The van der Waals surface area contributed by atoms with Crippen molar-refractivity contribution in [3.05, 3.63) is 182 Å². The van der Waals surface area contributed by atoms with Crippen LogP contribution in [0.1, 0.15) is 36.8 Å². The third-order valence-electron chi connectivity index (χ3n) is 9.83. The molecule has 0 saturated heterocycles. The van der Waals surface area contributed by atoms with Gasteiger partial charge in [0.2, 0.25) is 12.3 Å². The van der Waals surface area contributed by atoms with Crippen molar-refractivity contribution in [1.82, 2.24) is 0 Å². The molecule has 0 radical (unpaired) electrons. The van der Waals surface area contributed by atoms with Gasteiger partial charge in [0.1, 0.15) is 52.7 Å². The summed E-state index contributed by atoms with van der Waals surface area (Å²) < 4.78 is 296. The number of halogens is 20. The summed E-state index contributed by atoms with van der Waals surface area (Å²) in [6.45, 7) is 6.86. The first-order valence-electron chi connectivity index (χ1n) is 17.5. The zero-order valence-corrected chi connectivity index (χ0v) is 31.9. The molecule has 1 aromatic heterocycles. The fourth-order valence-electron chi connectivity index (χ4n) is 7.04. The number of pyridine rings is 1. The molecule has 0 atom stereocenters. The van der Waals surface area contributed by atoms with Crippen LogP contribution in [0, 0.1) is 116 Å². The van der Waals surface area contributed by atoms with Gasteiger partial charge in [0, 0.05) is 23.1 Å². The summed E-state index contributed by atoms with van der Waals surface area (Å²) in [5, 5.41) is 0. The predicted octanol–water partition coefficient (Wildman–Crippen LogP) is 9.00. The van der Waals surface area contributed by atoms with Gasteiger partial charge in [-0.05, 0) is 0 Å². The molecule has 0 aliphatic rings. The fraction of sp³-hybridized carbons (Fsp3) is 0.122. The number of aromatic nitrogens is 1. The monoisotopic (exact) mass is 933 g/mol. The van der Waals surface area contributed by atoms with E-state index < -0.39 is 144 Å². The van der Waals surface area contributed by atoms with Crippen LogP contribution in [0.25, 0.3) is 0 Å². The highest BCUT2D eigenvalue weighted by molar-refractivity contribution is 7.20. The average molecular weight is 933 g/mol. The van der Waals surface area contributed by atoms with E-state index in [4.69, 9.17) is 0 Å². The van der Waals surface area contributed by atoms with Gasteiger partial charge in [0.05, 0.1) is 0 Å². The van der Waals surface area contributed by atoms with Crippen molar-refractivity contribution in [2.24, 2.45) is 0 Å². The molecule has 23 heteroatoms. The number of nitrogens with zero attached hydrogens (tertiary/aromatic N) is 1. The highest BCUT2D eigenvalue weighted by atomic mass is 19.2. The Morgan fingerprint density at radius 3 is 0.906 bits per heavy atom. The number of hydrogen-bond donors (Lipinski definition) is 0. The van der Waals surface area contributed by atoms with Crippen molar-refractivity contribution >= 4 is 33.8 Å². The molecule has 5 aromatic carbocycles. The van der Waals surface area contributed by atoms with Crippen LogP contribution in [0.2, 0.25) is 0 Å². The van der Waals surface area contributed by atoms with Crippen LogP contribution < -0.4 is 26.4 Å². The number of rotatable bonds is 7. The van der Waals surface area contributed by atoms with E-state index in [1.54, 1.807) is 0 Å². The van der Waals surface area contributed by atoms with Gasteiger partial charge < -0.3 is 0 Å². The van der Waals surface area contributed by atoms with Crippen LogP contribution >= 0.6 is 0 Å². The maximum absolute atomic E-state index is 15.4. The highest BCUT2D eigenvalue weighted by Gasteiger charge is 2.52. The van der Waals surface area contributed by atoms with E-state index in [2.05, 4.69) is 26.8 Å². The van der Waals surface area contributed by atoms with Crippen LogP contribution in [0.15, 0.2) is 54.7 Å². The molecule has 6 aromatic rings. The number of carbonyl (C=O) groups excluding carboxylic acids is 1. The first kappa shape index (κ1) is 48.6. The lowest BCUT2D eigenvalue weighted by atomic mass is 9.12. The largest absolute Gasteiger partial charge is 0.287 e. The van der Waals surface area contributed by atoms with Crippen LogP contribution in [0.3, 0.4) is 0 Å². The Balaban J connectivity index is 0.000000337. The van der Waals surface area contributed by atoms with Gasteiger partial charge in [-0.1, -0.05) is 57.2 Å². The lowest BCUT2D eigenvalue weighted by Gasteiger charge is -2.44. The normalized spacial score (nSPS) is 11.8. The van der Waals surface area contributed by atoms with Crippen LogP contribution in [0.4, 0.5) is 87.8 Å². The van der Waals surface area contributed by atoms with E-state index in [9.17, 15) is 57.5 Å². The molecule has 0 saturated carbocycles. The second-order valence-corrected chi connectivity index (χ2v) is 14.6. The van der Waals surface area contributed by atoms with Crippen molar-refractivity contribution in [3.63, 3.8) is 0 Å². The summed E-state index contributed by atoms with van der Waals surface area (Å²) in [4.78, 5) is 12.3. The Kier molecular flexibility index (Phi) is 13.4. The topological polar surface area (TPSA) is 20.9 Å².